The Balaban J connectivity index is 2.57. The summed E-state index contributed by atoms with van der Waals surface area (Å²) in [7, 11) is 0. The maximum Gasteiger partial charge on any atom is 0.306 e. The lowest BCUT2D eigenvalue weighted by atomic mass is 9.99. The van der Waals surface area contributed by atoms with Gasteiger partial charge in [-0.2, -0.15) is 0 Å². The number of nitrogens with one attached hydrogen (secondary N) is 1. The summed E-state index contributed by atoms with van der Waals surface area (Å²) < 4.78 is 17.7. The molecule has 11 nitrogen and oxygen atoms in total. The molecule has 518 valence electrons. The molecule has 1 fully saturated rings. The maximum atomic E-state index is 13.5. The van der Waals surface area contributed by atoms with Gasteiger partial charge in [0.1, 0.15) is 24.4 Å². The zero-order valence-electron chi connectivity index (χ0n) is 57.7. The lowest BCUT2D eigenvalue weighted by molar-refractivity contribution is -0.305. The standard InChI is InChI=1S/C79H137NO10/c1-4-7-10-13-16-19-22-25-27-29-31-33-35-36-37-39-40-42-44-46-48-51-54-57-60-63-66-72(83)78(87)80-70(71(82)65-62-59-56-53-50-24-21-18-15-12-9-6-3)69-88-79-77(76(86)75(85)73(68-81)89-79)90-74(84)67-64-61-58-55-52-49-47-45-43-41-38-34-32-30-28-26-23-20-17-14-11-8-5-2/h16-17,19-20,25-28,31-34,36-37,41,43,62,65,70-73,75-77,79,81-83,85-86H,4-15,18,21-24,29-30,35,38-40,42,44-61,63-64,66-69H2,1-3H3,(H,80,87)/b19-16-,20-17-,27-25-,28-26-,33-31-,34-32-,37-36-,43-41-,65-62+. The van der Waals surface area contributed by atoms with Crippen molar-refractivity contribution in [1.82, 2.24) is 5.32 Å². The third kappa shape index (κ3) is 51.8. The van der Waals surface area contributed by atoms with E-state index in [4.69, 9.17) is 14.2 Å². The Kier molecular flexibility index (Phi) is 61.3. The molecule has 0 aromatic rings. The van der Waals surface area contributed by atoms with E-state index in [2.05, 4.69) is 123 Å². The van der Waals surface area contributed by atoms with Crippen molar-refractivity contribution >= 4 is 11.9 Å². The quantitative estimate of drug-likeness (QED) is 0.0195. The topological polar surface area (TPSA) is 175 Å². The number of aliphatic hydroxyl groups is 5. The molecule has 8 unspecified atom stereocenters. The fourth-order valence-corrected chi connectivity index (χ4v) is 11.0. The number of carbonyl (C=O) groups excluding carboxylic acids is 2. The number of unbranched alkanes of at least 4 members (excludes halogenated alkanes) is 33. The van der Waals surface area contributed by atoms with Crippen molar-refractivity contribution in [3.63, 3.8) is 0 Å². The average molecular weight is 1260 g/mol. The molecule has 0 aromatic carbocycles. The molecule has 0 aliphatic carbocycles. The lowest BCUT2D eigenvalue weighted by Gasteiger charge is -2.41. The second kappa shape index (κ2) is 65.4. The van der Waals surface area contributed by atoms with E-state index in [0.717, 1.165) is 128 Å². The lowest BCUT2D eigenvalue weighted by Crippen LogP contribution is -2.61. The predicted octanol–water partition coefficient (Wildman–Crippen LogP) is 19.6. The molecule has 0 spiro atoms. The largest absolute Gasteiger partial charge is 0.454 e. The van der Waals surface area contributed by atoms with Crippen LogP contribution >= 0.6 is 0 Å². The number of aliphatic hydroxyl groups excluding tert-OH is 5. The molecule has 1 aliphatic rings. The first-order valence-electron chi connectivity index (χ1n) is 37.2. The molecule has 1 amide bonds. The molecular weight excluding hydrogens is 1120 g/mol. The van der Waals surface area contributed by atoms with Crippen LogP contribution in [0.4, 0.5) is 0 Å². The van der Waals surface area contributed by atoms with Crippen molar-refractivity contribution in [2.45, 2.75) is 365 Å². The van der Waals surface area contributed by atoms with Gasteiger partial charge in [0.15, 0.2) is 12.4 Å². The number of esters is 1. The van der Waals surface area contributed by atoms with Crippen LogP contribution in [0.1, 0.15) is 316 Å². The van der Waals surface area contributed by atoms with E-state index in [9.17, 15) is 35.1 Å². The van der Waals surface area contributed by atoms with Gasteiger partial charge in [0.05, 0.1) is 25.4 Å². The first kappa shape index (κ1) is 84.3. The number of amides is 1. The molecule has 1 rings (SSSR count). The normalized spacial score (nSPS) is 18.7. The molecule has 0 radical (unpaired) electrons. The highest BCUT2D eigenvalue weighted by atomic mass is 16.7. The SMILES string of the molecule is CCCCC/C=C\C/C=C\C/C=C\C/C=C\CCCCCCCCCCCCC(O)C(=O)NC(COC1OC(CO)C(O)C(O)C1OC(=O)CCCCCCCCC/C=C\C/C=C\C/C=C\C/C=C\CCCCC)C(O)/C=C/CCCCCCCCCCCC. The number of allylic oxidation sites excluding steroid dienone is 17. The first-order chi connectivity index (χ1) is 44.2. The van der Waals surface area contributed by atoms with Crippen molar-refractivity contribution in [1.29, 1.82) is 0 Å². The zero-order chi connectivity index (χ0) is 65.3. The predicted molar refractivity (Wildman–Crippen MR) is 379 cm³/mol. The van der Waals surface area contributed by atoms with E-state index in [0.29, 0.717) is 12.8 Å². The summed E-state index contributed by atoms with van der Waals surface area (Å²) in [5, 5.41) is 57.3. The van der Waals surface area contributed by atoms with Gasteiger partial charge in [0.2, 0.25) is 5.91 Å². The smallest absolute Gasteiger partial charge is 0.306 e. The summed E-state index contributed by atoms with van der Waals surface area (Å²) in [6, 6.07) is -1.04. The first-order valence-corrected chi connectivity index (χ1v) is 37.2. The summed E-state index contributed by atoms with van der Waals surface area (Å²) in [5.74, 6) is -1.21. The van der Waals surface area contributed by atoms with Gasteiger partial charge in [0, 0.05) is 6.42 Å². The molecule has 1 aliphatic heterocycles. The third-order valence-corrected chi connectivity index (χ3v) is 16.9. The average Bonchev–Trinajstić information content (AvgIpc) is 1.11. The highest BCUT2D eigenvalue weighted by Gasteiger charge is 2.47. The second-order valence-corrected chi connectivity index (χ2v) is 25.3. The fourth-order valence-electron chi connectivity index (χ4n) is 11.0. The van der Waals surface area contributed by atoms with Crippen LogP contribution in [0.25, 0.3) is 0 Å². The van der Waals surface area contributed by atoms with Gasteiger partial charge >= 0.3 is 5.97 Å². The van der Waals surface area contributed by atoms with E-state index in [1.165, 1.54) is 141 Å². The Labute approximate surface area is 551 Å². The molecule has 1 saturated heterocycles. The number of hydrogen-bond donors (Lipinski definition) is 6. The Hall–Kier alpha value is -3.68. The van der Waals surface area contributed by atoms with Crippen LogP contribution in [-0.2, 0) is 23.8 Å². The van der Waals surface area contributed by atoms with Crippen molar-refractivity contribution in [3.05, 3.63) is 109 Å². The molecule has 0 aromatic heterocycles. The van der Waals surface area contributed by atoms with Crippen LogP contribution in [0.5, 0.6) is 0 Å². The molecule has 6 N–H and O–H groups in total. The van der Waals surface area contributed by atoms with Gasteiger partial charge in [-0.05, 0) is 116 Å². The summed E-state index contributed by atoms with van der Waals surface area (Å²) in [6.07, 6.45) is 79.7. The van der Waals surface area contributed by atoms with Crippen molar-refractivity contribution in [2.75, 3.05) is 13.2 Å². The van der Waals surface area contributed by atoms with Crippen LogP contribution in [0, 0.1) is 0 Å². The van der Waals surface area contributed by atoms with E-state index in [1.807, 2.05) is 6.08 Å². The van der Waals surface area contributed by atoms with Crippen LogP contribution in [0.2, 0.25) is 0 Å². The van der Waals surface area contributed by atoms with E-state index < -0.39 is 67.4 Å². The number of hydrogen-bond acceptors (Lipinski definition) is 10. The number of ether oxygens (including phenoxy) is 3. The van der Waals surface area contributed by atoms with Crippen LogP contribution < -0.4 is 5.32 Å². The maximum absolute atomic E-state index is 13.5. The van der Waals surface area contributed by atoms with Crippen molar-refractivity contribution < 1.29 is 49.3 Å². The molecule has 8 atom stereocenters. The van der Waals surface area contributed by atoms with Gasteiger partial charge in [-0.3, -0.25) is 9.59 Å². The van der Waals surface area contributed by atoms with E-state index >= 15 is 0 Å². The fraction of sp³-hybridized carbons (Fsp3) is 0.747. The minimum atomic E-state index is -1.63. The number of rotatable bonds is 63. The van der Waals surface area contributed by atoms with Gasteiger partial charge in [-0.15, -0.1) is 0 Å². The van der Waals surface area contributed by atoms with Gasteiger partial charge in [-0.25, -0.2) is 0 Å². The van der Waals surface area contributed by atoms with Crippen molar-refractivity contribution in [2.24, 2.45) is 0 Å². The highest BCUT2D eigenvalue weighted by molar-refractivity contribution is 5.80. The Morgan fingerprint density at radius 2 is 0.767 bits per heavy atom. The van der Waals surface area contributed by atoms with Gasteiger partial charge in [-0.1, -0.05) is 304 Å². The molecule has 11 heteroatoms. The monoisotopic (exact) mass is 1260 g/mol. The Morgan fingerprint density at radius 1 is 0.433 bits per heavy atom. The van der Waals surface area contributed by atoms with Crippen LogP contribution in [0.15, 0.2) is 109 Å². The molecule has 0 saturated carbocycles. The molecular formula is C79H137NO10. The minimum Gasteiger partial charge on any atom is -0.454 e. The van der Waals surface area contributed by atoms with Gasteiger partial charge < -0.3 is 45.1 Å². The Morgan fingerprint density at radius 3 is 1.17 bits per heavy atom. The second-order valence-electron chi connectivity index (χ2n) is 25.3. The van der Waals surface area contributed by atoms with Gasteiger partial charge in [0.25, 0.3) is 0 Å². The van der Waals surface area contributed by atoms with Crippen LogP contribution in [0.3, 0.4) is 0 Å². The summed E-state index contributed by atoms with van der Waals surface area (Å²) in [6.45, 7) is 5.75. The van der Waals surface area contributed by atoms with Crippen LogP contribution in [-0.4, -0.2) is 99.6 Å². The number of carbonyl (C=O) groups is 2. The summed E-state index contributed by atoms with van der Waals surface area (Å²) >= 11 is 0. The summed E-state index contributed by atoms with van der Waals surface area (Å²) in [5.41, 5.74) is 0. The molecule has 90 heavy (non-hydrogen) atoms. The van der Waals surface area contributed by atoms with Crippen molar-refractivity contribution in [3.8, 4) is 0 Å². The van der Waals surface area contributed by atoms with E-state index in [-0.39, 0.29) is 19.4 Å². The minimum absolute atomic E-state index is 0.106. The highest BCUT2D eigenvalue weighted by Crippen LogP contribution is 2.26. The Bertz CT molecular complexity index is 1890. The summed E-state index contributed by atoms with van der Waals surface area (Å²) in [4.78, 5) is 26.7. The zero-order valence-corrected chi connectivity index (χ0v) is 57.7. The van der Waals surface area contributed by atoms with E-state index in [1.54, 1.807) is 6.08 Å². The molecule has 1 heterocycles. The molecule has 0 bridgehead atoms. The third-order valence-electron chi connectivity index (χ3n) is 16.9.